The van der Waals surface area contributed by atoms with Crippen molar-refractivity contribution in [2.45, 2.75) is 31.7 Å². The van der Waals surface area contributed by atoms with Crippen LogP contribution in [0.1, 0.15) is 35.7 Å². The predicted molar refractivity (Wildman–Crippen MR) is 120 cm³/mol. The Balaban J connectivity index is 1.43. The minimum atomic E-state index is -0.258. The Morgan fingerprint density at radius 1 is 1.13 bits per heavy atom. The molecule has 0 aliphatic carbocycles. The van der Waals surface area contributed by atoms with E-state index in [0.29, 0.717) is 12.8 Å². The molecule has 2 aromatic heterocycles. The molecule has 0 saturated carbocycles. The molecule has 1 unspecified atom stereocenters. The van der Waals surface area contributed by atoms with Crippen LogP contribution in [0.25, 0.3) is 22.2 Å². The molecule has 2 aromatic carbocycles. The van der Waals surface area contributed by atoms with Crippen molar-refractivity contribution in [3.05, 3.63) is 82.3 Å². The Bertz CT molecular complexity index is 1170. The van der Waals surface area contributed by atoms with Gasteiger partial charge in [-0.3, -0.25) is 4.79 Å². The van der Waals surface area contributed by atoms with Gasteiger partial charge < -0.3 is 9.88 Å². The van der Waals surface area contributed by atoms with Gasteiger partial charge in [0.05, 0.1) is 6.04 Å². The zero-order valence-corrected chi connectivity index (χ0v) is 17.4. The number of carbonyl (C=O) groups excluding carboxylic acids is 1. The molecule has 1 aliphatic heterocycles. The van der Waals surface area contributed by atoms with Crippen molar-refractivity contribution in [3.63, 3.8) is 0 Å². The Morgan fingerprint density at radius 3 is 2.80 bits per heavy atom. The summed E-state index contributed by atoms with van der Waals surface area (Å²) in [7, 11) is 0. The number of hydrogen-bond donors (Lipinski definition) is 1. The Labute approximate surface area is 179 Å². The van der Waals surface area contributed by atoms with Gasteiger partial charge in [-0.1, -0.05) is 36.4 Å². The molecule has 1 fully saturated rings. The van der Waals surface area contributed by atoms with E-state index in [1.165, 1.54) is 10.9 Å². The largest absolute Gasteiger partial charge is 0.354 e. The third kappa shape index (κ3) is 3.54. The van der Waals surface area contributed by atoms with Crippen molar-refractivity contribution in [3.8, 4) is 11.3 Å². The van der Waals surface area contributed by atoms with E-state index in [2.05, 4.69) is 16.4 Å². The number of halogens is 1. The highest BCUT2D eigenvalue weighted by molar-refractivity contribution is 7.10. The molecule has 1 atom stereocenters. The van der Waals surface area contributed by atoms with E-state index in [4.69, 9.17) is 0 Å². The molecule has 0 bridgehead atoms. The van der Waals surface area contributed by atoms with Crippen LogP contribution in [0.3, 0.4) is 0 Å². The van der Waals surface area contributed by atoms with E-state index >= 15 is 0 Å². The first kappa shape index (κ1) is 19.1. The van der Waals surface area contributed by atoms with Gasteiger partial charge in [0.1, 0.15) is 5.82 Å². The van der Waals surface area contributed by atoms with Crippen LogP contribution < -0.4 is 0 Å². The number of aryl methyl sites for hydroxylation is 1. The van der Waals surface area contributed by atoms with Gasteiger partial charge in [-0.25, -0.2) is 4.39 Å². The number of aromatic nitrogens is 1. The maximum atomic E-state index is 14.0. The molecule has 0 spiro atoms. The fourth-order valence-corrected chi connectivity index (χ4v) is 5.42. The van der Waals surface area contributed by atoms with E-state index in [1.54, 1.807) is 23.5 Å². The van der Waals surface area contributed by atoms with Crippen LogP contribution in [0.4, 0.5) is 4.39 Å². The molecule has 1 saturated heterocycles. The van der Waals surface area contributed by atoms with Gasteiger partial charge in [-0.2, -0.15) is 0 Å². The highest BCUT2D eigenvalue weighted by Crippen LogP contribution is 2.36. The second-order valence-corrected chi connectivity index (χ2v) is 8.77. The van der Waals surface area contributed by atoms with Gasteiger partial charge in [0.25, 0.3) is 0 Å². The van der Waals surface area contributed by atoms with Crippen LogP contribution in [-0.4, -0.2) is 22.3 Å². The first-order chi connectivity index (χ1) is 14.7. The van der Waals surface area contributed by atoms with Crippen LogP contribution in [0.15, 0.2) is 66.0 Å². The fourth-order valence-electron chi connectivity index (χ4n) is 4.55. The molecule has 5 rings (SSSR count). The van der Waals surface area contributed by atoms with Crippen LogP contribution in [0.2, 0.25) is 0 Å². The van der Waals surface area contributed by atoms with Gasteiger partial charge in [-0.05, 0) is 60.0 Å². The van der Waals surface area contributed by atoms with Crippen molar-refractivity contribution in [2.75, 3.05) is 6.54 Å². The van der Waals surface area contributed by atoms with E-state index in [9.17, 15) is 9.18 Å². The van der Waals surface area contributed by atoms with Gasteiger partial charge in [0.2, 0.25) is 5.91 Å². The first-order valence-corrected chi connectivity index (χ1v) is 11.3. The van der Waals surface area contributed by atoms with E-state index in [-0.39, 0.29) is 17.8 Å². The number of nitrogens with one attached hydrogen (secondary N) is 1. The summed E-state index contributed by atoms with van der Waals surface area (Å²) in [6, 6.07) is 19.2. The Hall–Kier alpha value is -2.92. The molecule has 3 nitrogen and oxygen atoms in total. The molecular weight excluding hydrogens is 395 g/mol. The average Bonchev–Trinajstić information content (AvgIpc) is 3.51. The number of H-pyrrole nitrogens is 1. The Morgan fingerprint density at radius 2 is 2.00 bits per heavy atom. The summed E-state index contributed by atoms with van der Waals surface area (Å²) in [4.78, 5) is 19.9. The molecule has 1 amide bonds. The molecule has 1 N–H and O–H groups in total. The van der Waals surface area contributed by atoms with Gasteiger partial charge >= 0.3 is 0 Å². The number of fused-ring (bicyclic) bond motifs is 1. The van der Waals surface area contributed by atoms with Crippen LogP contribution >= 0.6 is 11.3 Å². The molecule has 4 aromatic rings. The summed E-state index contributed by atoms with van der Waals surface area (Å²) >= 11 is 1.72. The smallest absolute Gasteiger partial charge is 0.223 e. The molecule has 1 aliphatic rings. The maximum absolute atomic E-state index is 14.0. The molecule has 30 heavy (non-hydrogen) atoms. The van der Waals surface area contributed by atoms with Gasteiger partial charge in [0.15, 0.2) is 0 Å². The quantitative estimate of drug-likeness (QED) is 0.404. The third-order valence-electron chi connectivity index (χ3n) is 5.96. The van der Waals surface area contributed by atoms with E-state index in [1.807, 2.05) is 41.3 Å². The maximum Gasteiger partial charge on any atom is 0.223 e. The standard InChI is InChI=1S/C25H23FN2OS/c26-18-10-12-21-20(16-18)19(25(27-21)17-6-2-1-3-7-17)11-13-24(29)28-14-4-8-22(28)23-9-5-15-30-23/h1-3,5-7,9-10,12,15-16,22,27H,4,8,11,13-14H2. The molecule has 3 heterocycles. The SMILES string of the molecule is O=C(CCc1c(-c2ccccc2)[nH]c2ccc(F)cc12)N1CCCC1c1cccs1. The number of thiophene rings is 1. The first-order valence-electron chi connectivity index (χ1n) is 10.4. The summed E-state index contributed by atoms with van der Waals surface area (Å²) in [5.41, 5.74) is 3.93. The number of aromatic amines is 1. The zero-order chi connectivity index (χ0) is 20.5. The number of rotatable bonds is 5. The number of nitrogens with zero attached hydrogens (tertiary/aromatic N) is 1. The molecule has 5 heteroatoms. The van der Waals surface area contributed by atoms with Gasteiger partial charge in [-0.15, -0.1) is 11.3 Å². The zero-order valence-electron chi connectivity index (χ0n) is 16.6. The predicted octanol–water partition coefficient (Wildman–Crippen LogP) is 6.33. The highest BCUT2D eigenvalue weighted by Gasteiger charge is 2.30. The monoisotopic (exact) mass is 418 g/mol. The van der Waals surface area contributed by atoms with Crippen LogP contribution in [-0.2, 0) is 11.2 Å². The normalized spacial score (nSPS) is 16.4. The molecule has 0 radical (unpaired) electrons. The minimum Gasteiger partial charge on any atom is -0.354 e. The van der Waals surface area contributed by atoms with Gasteiger partial charge in [0, 0.05) is 34.4 Å². The topological polar surface area (TPSA) is 36.1 Å². The van der Waals surface area contributed by atoms with Crippen molar-refractivity contribution in [2.24, 2.45) is 0 Å². The fraction of sp³-hybridized carbons (Fsp3) is 0.240. The number of likely N-dealkylation sites (tertiary alicyclic amines) is 1. The summed E-state index contributed by atoms with van der Waals surface area (Å²) in [6.07, 6.45) is 3.08. The lowest BCUT2D eigenvalue weighted by atomic mass is 10.0. The summed E-state index contributed by atoms with van der Waals surface area (Å²) < 4.78 is 14.0. The number of hydrogen-bond acceptors (Lipinski definition) is 2. The summed E-state index contributed by atoms with van der Waals surface area (Å²) in [6.45, 7) is 0.815. The van der Waals surface area contributed by atoms with Crippen molar-refractivity contribution < 1.29 is 9.18 Å². The second-order valence-electron chi connectivity index (χ2n) is 7.80. The summed E-state index contributed by atoms with van der Waals surface area (Å²) in [5.74, 6) is -0.0818. The lowest BCUT2D eigenvalue weighted by Gasteiger charge is -2.24. The lowest BCUT2D eigenvalue weighted by molar-refractivity contribution is -0.132. The van der Waals surface area contributed by atoms with Crippen molar-refractivity contribution in [1.82, 2.24) is 9.88 Å². The molecule has 152 valence electrons. The minimum absolute atomic E-state index is 0.177. The van der Waals surface area contributed by atoms with Crippen molar-refractivity contribution in [1.29, 1.82) is 0 Å². The number of benzene rings is 2. The van der Waals surface area contributed by atoms with Crippen LogP contribution in [0, 0.1) is 5.82 Å². The summed E-state index contributed by atoms with van der Waals surface area (Å²) in [5, 5.41) is 2.93. The highest BCUT2D eigenvalue weighted by atomic mass is 32.1. The lowest BCUT2D eigenvalue weighted by Crippen LogP contribution is -2.30. The molecular formula is C25H23FN2OS. The Kier molecular flexibility index (Phi) is 5.13. The number of amides is 1. The average molecular weight is 419 g/mol. The van der Waals surface area contributed by atoms with Crippen molar-refractivity contribution >= 4 is 28.1 Å². The number of carbonyl (C=O) groups is 1. The van der Waals surface area contributed by atoms with E-state index < -0.39 is 0 Å². The van der Waals surface area contributed by atoms with Crippen LogP contribution in [0.5, 0.6) is 0 Å². The van der Waals surface area contributed by atoms with E-state index in [0.717, 1.165) is 47.1 Å². The second kappa shape index (κ2) is 8.07. The third-order valence-corrected chi connectivity index (χ3v) is 6.94.